The molecule has 0 aliphatic heterocycles. The van der Waals surface area contributed by atoms with Crippen LogP contribution in [0.5, 0.6) is 0 Å². The Balaban J connectivity index is 1.74. The third kappa shape index (κ3) is 4.29. The average Bonchev–Trinajstić information content (AvgIpc) is 2.87. The molecule has 146 valence electrons. The van der Waals surface area contributed by atoms with Crippen LogP contribution >= 0.6 is 11.3 Å². The minimum Gasteiger partial charge on any atom is -0.309 e. The Bertz CT molecular complexity index is 941. The first-order valence-corrected chi connectivity index (χ1v) is 10.4. The lowest BCUT2D eigenvalue weighted by Crippen LogP contribution is -2.31. The van der Waals surface area contributed by atoms with Crippen LogP contribution < -0.4 is 11.0 Å². The maximum Gasteiger partial charge on any atom is 0.259 e. The molecule has 6 nitrogen and oxygen atoms in total. The molecule has 0 saturated heterocycles. The van der Waals surface area contributed by atoms with Crippen molar-refractivity contribution >= 4 is 33.2 Å². The van der Waals surface area contributed by atoms with Crippen molar-refractivity contribution in [2.45, 2.75) is 60.3 Å². The third-order valence-electron chi connectivity index (χ3n) is 5.50. The maximum atomic E-state index is 12.4. The molecule has 2 heterocycles. The standard InChI is InChI=1S/C20H28N4O2S/c1-10(2)14-7-6-11(3)8-15(14)23-24-17(25)9-16-21-19(26)18-12(4)13(5)27-20(18)22-16/h10-11,14H,6-9H2,1-5H3,(H,24,25)(H,21,22,26)/t11-,14-/m0/s1. The number of hydrogen-bond acceptors (Lipinski definition) is 5. The van der Waals surface area contributed by atoms with Crippen LogP contribution in [-0.2, 0) is 11.2 Å². The van der Waals surface area contributed by atoms with Gasteiger partial charge in [-0.15, -0.1) is 11.3 Å². The quantitative estimate of drug-likeness (QED) is 0.783. The molecule has 0 aromatic carbocycles. The van der Waals surface area contributed by atoms with Gasteiger partial charge in [-0.05, 0) is 50.5 Å². The van der Waals surface area contributed by atoms with E-state index in [1.807, 2.05) is 13.8 Å². The first-order chi connectivity index (χ1) is 12.8. The molecule has 1 fully saturated rings. The zero-order valence-corrected chi connectivity index (χ0v) is 17.5. The Morgan fingerprint density at radius 3 is 2.81 bits per heavy atom. The van der Waals surface area contributed by atoms with E-state index in [0.717, 1.165) is 29.0 Å². The molecule has 1 saturated carbocycles. The summed E-state index contributed by atoms with van der Waals surface area (Å²) in [5.74, 6) is 1.66. The topological polar surface area (TPSA) is 87.2 Å². The predicted molar refractivity (Wildman–Crippen MR) is 110 cm³/mol. The van der Waals surface area contributed by atoms with E-state index < -0.39 is 0 Å². The number of H-pyrrole nitrogens is 1. The highest BCUT2D eigenvalue weighted by Gasteiger charge is 2.27. The molecule has 2 atom stereocenters. The lowest BCUT2D eigenvalue weighted by molar-refractivity contribution is -0.120. The summed E-state index contributed by atoms with van der Waals surface area (Å²) < 4.78 is 0. The molecule has 0 unspecified atom stereocenters. The molecule has 7 heteroatoms. The molecule has 1 amide bonds. The molecular formula is C20H28N4O2S. The summed E-state index contributed by atoms with van der Waals surface area (Å²) in [5.41, 5.74) is 4.54. The Morgan fingerprint density at radius 2 is 2.11 bits per heavy atom. The van der Waals surface area contributed by atoms with Crippen LogP contribution in [0.2, 0.25) is 0 Å². The fourth-order valence-electron chi connectivity index (χ4n) is 3.80. The van der Waals surface area contributed by atoms with Gasteiger partial charge in [0.05, 0.1) is 11.8 Å². The number of hydrazone groups is 1. The highest BCUT2D eigenvalue weighted by molar-refractivity contribution is 7.18. The van der Waals surface area contributed by atoms with E-state index in [0.29, 0.717) is 33.8 Å². The number of aromatic nitrogens is 2. The maximum absolute atomic E-state index is 12.4. The summed E-state index contributed by atoms with van der Waals surface area (Å²) in [6.45, 7) is 10.5. The van der Waals surface area contributed by atoms with Crippen molar-refractivity contribution in [3.05, 3.63) is 26.6 Å². The normalized spacial score (nSPS) is 21.9. The Kier molecular flexibility index (Phi) is 5.79. The molecule has 2 aromatic rings. The van der Waals surface area contributed by atoms with Gasteiger partial charge in [0.15, 0.2) is 0 Å². The van der Waals surface area contributed by atoms with E-state index in [-0.39, 0.29) is 17.9 Å². The van der Waals surface area contributed by atoms with Gasteiger partial charge in [0.2, 0.25) is 5.91 Å². The number of carbonyl (C=O) groups excluding carboxylic acids is 1. The Labute approximate surface area is 163 Å². The van der Waals surface area contributed by atoms with Crippen LogP contribution in [-0.4, -0.2) is 21.6 Å². The highest BCUT2D eigenvalue weighted by atomic mass is 32.1. The minimum atomic E-state index is -0.254. The van der Waals surface area contributed by atoms with Crippen molar-refractivity contribution in [1.29, 1.82) is 0 Å². The van der Waals surface area contributed by atoms with Crippen molar-refractivity contribution < 1.29 is 4.79 Å². The molecule has 2 N–H and O–H groups in total. The molecule has 3 rings (SSSR count). The minimum absolute atomic E-state index is 0.0137. The molecule has 2 aromatic heterocycles. The van der Waals surface area contributed by atoms with E-state index >= 15 is 0 Å². The second-order valence-electron chi connectivity index (χ2n) is 8.03. The molecular weight excluding hydrogens is 360 g/mol. The fourth-order valence-corrected chi connectivity index (χ4v) is 4.85. The van der Waals surface area contributed by atoms with Gasteiger partial charge in [0.25, 0.3) is 5.56 Å². The van der Waals surface area contributed by atoms with E-state index in [1.54, 1.807) is 0 Å². The molecule has 1 aliphatic rings. The van der Waals surface area contributed by atoms with E-state index in [1.165, 1.54) is 17.8 Å². The van der Waals surface area contributed by atoms with E-state index in [2.05, 4.69) is 41.3 Å². The van der Waals surface area contributed by atoms with Gasteiger partial charge in [0, 0.05) is 16.5 Å². The van der Waals surface area contributed by atoms with Gasteiger partial charge in [-0.1, -0.05) is 20.8 Å². The Hall–Kier alpha value is -2.02. The van der Waals surface area contributed by atoms with Crippen LogP contribution in [0.4, 0.5) is 0 Å². The fraction of sp³-hybridized carbons (Fsp3) is 0.600. The molecule has 0 radical (unpaired) electrons. The van der Waals surface area contributed by atoms with Crippen molar-refractivity contribution in [2.24, 2.45) is 22.9 Å². The van der Waals surface area contributed by atoms with Gasteiger partial charge >= 0.3 is 0 Å². The van der Waals surface area contributed by atoms with Crippen molar-refractivity contribution in [3.63, 3.8) is 0 Å². The SMILES string of the molecule is Cc1sc2nc(CC(=O)NN=C3C[C@@H](C)CC[C@H]3C(C)C)[nH]c(=O)c2c1C. The summed E-state index contributed by atoms with van der Waals surface area (Å²) in [7, 11) is 0. The summed E-state index contributed by atoms with van der Waals surface area (Å²) in [6.07, 6.45) is 3.27. The largest absolute Gasteiger partial charge is 0.309 e. The Morgan fingerprint density at radius 1 is 1.37 bits per heavy atom. The van der Waals surface area contributed by atoms with Crippen molar-refractivity contribution in [1.82, 2.24) is 15.4 Å². The smallest absolute Gasteiger partial charge is 0.259 e. The summed E-state index contributed by atoms with van der Waals surface area (Å²) in [6, 6.07) is 0. The second-order valence-corrected chi connectivity index (χ2v) is 9.23. The monoisotopic (exact) mass is 388 g/mol. The number of aryl methyl sites for hydroxylation is 2. The van der Waals surface area contributed by atoms with Crippen LogP contribution in [0.25, 0.3) is 10.2 Å². The second kappa shape index (κ2) is 7.92. The number of thiophene rings is 1. The van der Waals surface area contributed by atoms with Crippen molar-refractivity contribution in [3.8, 4) is 0 Å². The number of carbonyl (C=O) groups is 1. The number of nitrogens with one attached hydrogen (secondary N) is 2. The van der Waals surface area contributed by atoms with Gasteiger partial charge in [-0.2, -0.15) is 5.10 Å². The molecule has 0 spiro atoms. The van der Waals surface area contributed by atoms with Gasteiger partial charge in [-0.3, -0.25) is 9.59 Å². The highest BCUT2D eigenvalue weighted by Crippen LogP contribution is 2.31. The number of rotatable bonds is 4. The summed E-state index contributed by atoms with van der Waals surface area (Å²) in [5, 5.41) is 5.06. The van der Waals surface area contributed by atoms with Crippen LogP contribution in [0.3, 0.4) is 0 Å². The van der Waals surface area contributed by atoms with E-state index in [4.69, 9.17) is 0 Å². The van der Waals surface area contributed by atoms with Crippen LogP contribution in [0, 0.1) is 31.6 Å². The molecule has 27 heavy (non-hydrogen) atoms. The summed E-state index contributed by atoms with van der Waals surface area (Å²) >= 11 is 1.48. The first-order valence-electron chi connectivity index (χ1n) is 9.60. The number of hydrogen-bond donors (Lipinski definition) is 2. The van der Waals surface area contributed by atoms with Crippen molar-refractivity contribution in [2.75, 3.05) is 0 Å². The van der Waals surface area contributed by atoms with Gasteiger partial charge < -0.3 is 4.98 Å². The zero-order chi connectivity index (χ0) is 19.7. The molecule has 1 aliphatic carbocycles. The average molecular weight is 389 g/mol. The third-order valence-corrected chi connectivity index (χ3v) is 6.60. The zero-order valence-electron chi connectivity index (χ0n) is 16.7. The lowest BCUT2D eigenvalue weighted by Gasteiger charge is -2.30. The predicted octanol–water partition coefficient (Wildman–Crippen LogP) is 3.71. The van der Waals surface area contributed by atoms with Gasteiger partial charge in [-0.25, -0.2) is 10.4 Å². The number of nitrogens with zero attached hydrogens (tertiary/aromatic N) is 2. The van der Waals surface area contributed by atoms with Crippen LogP contribution in [0.15, 0.2) is 9.90 Å². The van der Waals surface area contributed by atoms with E-state index in [9.17, 15) is 9.59 Å². The number of aromatic amines is 1. The first kappa shape index (κ1) is 19.7. The van der Waals surface area contributed by atoms with Gasteiger partial charge in [0.1, 0.15) is 10.7 Å². The lowest BCUT2D eigenvalue weighted by atomic mass is 9.76. The summed E-state index contributed by atoms with van der Waals surface area (Å²) in [4.78, 5) is 33.6. The van der Waals surface area contributed by atoms with Crippen LogP contribution in [0.1, 0.15) is 56.3 Å². The number of fused-ring (bicyclic) bond motifs is 1. The number of amides is 1. The molecule has 0 bridgehead atoms.